The van der Waals surface area contributed by atoms with E-state index in [0.717, 1.165) is 11.3 Å². The van der Waals surface area contributed by atoms with Crippen LogP contribution in [0.2, 0.25) is 0 Å². The molecule has 1 fully saturated rings. The molecule has 0 saturated carbocycles. The van der Waals surface area contributed by atoms with Crippen molar-refractivity contribution in [2.75, 3.05) is 13.1 Å². The van der Waals surface area contributed by atoms with Crippen LogP contribution in [-0.4, -0.2) is 46.0 Å². The van der Waals surface area contributed by atoms with Crippen LogP contribution in [0, 0.1) is 6.92 Å². The predicted molar refractivity (Wildman–Crippen MR) is 76.5 cm³/mol. The van der Waals surface area contributed by atoms with Gasteiger partial charge in [-0.1, -0.05) is 0 Å². The molecule has 1 N–H and O–H groups in total. The van der Waals surface area contributed by atoms with Gasteiger partial charge in [0.25, 0.3) is 0 Å². The van der Waals surface area contributed by atoms with Gasteiger partial charge < -0.3 is 15.0 Å². The largest absolute Gasteiger partial charge is 0.372 e. The van der Waals surface area contributed by atoms with E-state index in [1.54, 1.807) is 0 Å². The van der Waals surface area contributed by atoms with Gasteiger partial charge in [-0.2, -0.15) is 5.10 Å². The fourth-order valence-electron chi connectivity index (χ4n) is 2.64. The van der Waals surface area contributed by atoms with Crippen molar-refractivity contribution in [3.8, 4) is 0 Å². The molecule has 0 unspecified atom stereocenters. The van der Waals surface area contributed by atoms with Crippen molar-refractivity contribution >= 4 is 6.03 Å². The van der Waals surface area contributed by atoms with Crippen molar-refractivity contribution in [1.29, 1.82) is 0 Å². The molecule has 1 aromatic rings. The van der Waals surface area contributed by atoms with Crippen molar-refractivity contribution in [3.63, 3.8) is 0 Å². The van der Waals surface area contributed by atoms with E-state index in [0.29, 0.717) is 13.1 Å². The van der Waals surface area contributed by atoms with Crippen LogP contribution in [0.25, 0.3) is 0 Å². The van der Waals surface area contributed by atoms with Gasteiger partial charge in [0.1, 0.15) is 0 Å². The Morgan fingerprint density at radius 1 is 1.45 bits per heavy atom. The molecule has 6 nitrogen and oxygen atoms in total. The Bertz CT molecular complexity index is 476. The van der Waals surface area contributed by atoms with Crippen molar-refractivity contribution < 1.29 is 9.53 Å². The molecular weight excluding hydrogens is 256 g/mol. The zero-order chi connectivity index (χ0) is 14.9. The lowest BCUT2D eigenvalue weighted by molar-refractivity contribution is -0.0547. The maximum Gasteiger partial charge on any atom is 0.318 e. The lowest BCUT2D eigenvalue weighted by Crippen LogP contribution is -2.52. The first-order valence-corrected chi connectivity index (χ1v) is 7.08. The van der Waals surface area contributed by atoms with Crippen LogP contribution in [0.3, 0.4) is 0 Å². The van der Waals surface area contributed by atoms with E-state index >= 15 is 0 Å². The van der Waals surface area contributed by atoms with E-state index in [1.807, 2.05) is 50.5 Å². The van der Waals surface area contributed by atoms with E-state index in [2.05, 4.69) is 10.4 Å². The summed E-state index contributed by atoms with van der Waals surface area (Å²) in [6.45, 7) is 9.23. The molecule has 0 bridgehead atoms. The highest BCUT2D eigenvalue weighted by molar-refractivity contribution is 5.75. The van der Waals surface area contributed by atoms with E-state index < -0.39 is 0 Å². The van der Waals surface area contributed by atoms with Gasteiger partial charge in [0, 0.05) is 31.4 Å². The quantitative estimate of drug-likeness (QED) is 0.895. The third-order valence-corrected chi connectivity index (χ3v) is 3.79. The highest BCUT2D eigenvalue weighted by Crippen LogP contribution is 2.17. The zero-order valence-electron chi connectivity index (χ0n) is 12.9. The number of carbonyl (C=O) groups is 1. The number of amides is 2. The van der Waals surface area contributed by atoms with E-state index in [-0.39, 0.29) is 24.3 Å². The number of carbonyl (C=O) groups excluding carboxylic acids is 1. The highest BCUT2D eigenvalue weighted by Gasteiger charge is 2.27. The van der Waals surface area contributed by atoms with Gasteiger partial charge in [-0.25, -0.2) is 4.79 Å². The van der Waals surface area contributed by atoms with Crippen molar-refractivity contribution in [1.82, 2.24) is 20.0 Å². The summed E-state index contributed by atoms with van der Waals surface area (Å²) in [5.41, 5.74) is 2.12. The van der Waals surface area contributed by atoms with Crippen LogP contribution in [0.15, 0.2) is 6.20 Å². The smallest absolute Gasteiger partial charge is 0.318 e. The van der Waals surface area contributed by atoms with Crippen LogP contribution >= 0.6 is 0 Å². The zero-order valence-corrected chi connectivity index (χ0v) is 12.9. The van der Waals surface area contributed by atoms with Gasteiger partial charge in [0.15, 0.2) is 0 Å². The second-order valence-corrected chi connectivity index (χ2v) is 5.64. The van der Waals surface area contributed by atoms with Crippen LogP contribution < -0.4 is 5.32 Å². The molecular formula is C14H24N4O2. The van der Waals surface area contributed by atoms with Crippen molar-refractivity contribution in [2.45, 2.75) is 45.9 Å². The molecule has 2 rings (SSSR count). The summed E-state index contributed by atoms with van der Waals surface area (Å²) >= 11 is 0. The molecule has 1 aromatic heterocycles. The first-order chi connectivity index (χ1) is 9.38. The number of ether oxygens (including phenoxy) is 1. The average molecular weight is 280 g/mol. The molecule has 6 heteroatoms. The van der Waals surface area contributed by atoms with Gasteiger partial charge in [-0.15, -0.1) is 0 Å². The predicted octanol–water partition coefficient (Wildman–Crippen LogP) is 1.61. The number of hydrogen-bond acceptors (Lipinski definition) is 3. The number of morpholine rings is 1. The molecule has 0 aliphatic carbocycles. The molecule has 112 valence electrons. The minimum Gasteiger partial charge on any atom is -0.372 e. The van der Waals surface area contributed by atoms with Gasteiger partial charge in [0.05, 0.1) is 24.4 Å². The second kappa shape index (κ2) is 5.83. The average Bonchev–Trinajstić information content (AvgIpc) is 2.68. The van der Waals surface area contributed by atoms with Gasteiger partial charge >= 0.3 is 6.03 Å². The standard InChI is InChI=1S/C14H24N4O2/c1-9-7-18(8-10(2)20-9)14(19)16-11(3)13-6-15-17(5)12(13)4/h6,9-11H,7-8H2,1-5H3,(H,16,19)/t9-,10+,11-/m0/s1. The third kappa shape index (κ3) is 3.12. The van der Waals surface area contributed by atoms with Crippen LogP contribution in [0.4, 0.5) is 4.79 Å². The normalized spacial score (nSPS) is 24.6. The van der Waals surface area contributed by atoms with E-state index in [1.165, 1.54) is 0 Å². The van der Waals surface area contributed by atoms with Gasteiger partial charge in [-0.05, 0) is 27.7 Å². The summed E-state index contributed by atoms with van der Waals surface area (Å²) in [5, 5.41) is 7.25. The molecule has 0 radical (unpaired) electrons. The Morgan fingerprint density at radius 3 is 2.55 bits per heavy atom. The SMILES string of the molecule is Cc1c([C@H](C)NC(=O)N2C[C@@H](C)O[C@@H](C)C2)cnn1C. The monoisotopic (exact) mass is 280 g/mol. The first kappa shape index (κ1) is 14.8. The highest BCUT2D eigenvalue weighted by atomic mass is 16.5. The fraction of sp³-hybridized carbons (Fsp3) is 0.714. The number of aryl methyl sites for hydroxylation is 1. The first-order valence-electron chi connectivity index (χ1n) is 7.08. The van der Waals surface area contributed by atoms with Crippen molar-refractivity contribution in [2.24, 2.45) is 7.05 Å². The number of rotatable bonds is 2. The van der Waals surface area contributed by atoms with Crippen LogP contribution in [0.5, 0.6) is 0 Å². The molecule has 2 amide bonds. The van der Waals surface area contributed by atoms with E-state index in [4.69, 9.17) is 4.74 Å². The Morgan fingerprint density at radius 2 is 2.05 bits per heavy atom. The minimum atomic E-state index is -0.0512. The molecule has 2 heterocycles. The lowest BCUT2D eigenvalue weighted by atomic mass is 10.1. The summed E-state index contributed by atoms with van der Waals surface area (Å²) in [6, 6.07) is -0.0904. The molecule has 0 spiro atoms. The molecule has 1 saturated heterocycles. The topological polar surface area (TPSA) is 59.4 Å². The summed E-state index contributed by atoms with van der Waals surface area (Å²) in [7, 11) is 1.90. The number of nitrogens with one attached hydrogen (secondary N) is 1. The Balaban J connectivity index is 1.99. The number of nitrogens with zero attached hydrogens (tertiary/aromatic N) is 3. The Kier molecular flexibility index (Phi) is 4.32. The molecule has 1 aliphatic heterocycles. The van der Waals surface area contributed by atoms with Crippen LogP contribution in [0.1, 0.15) is 38.1 Å². The maximum atomic E-state index is 12.3. The second-order valence-electron chi connectivity index (χ2n) is 5.64. The Hall–Kier alpha value is -1.56. The maximum absolute atomic E-state index is 12.3. The van der Waals surface area contributed by atoms with Gasteiger partial charge in [-0.3, -0.25) is 4.68 Å². The fourth-order valence-corrected chi connectivity index (χ4v) is 2.64. The number of hydrogen-bond donors (Lipinski definition) is 1. The van der Waals surface area contributed by atoms with Crippen molar-refractivity contribution in [3.05, 3.63) is 17.5 Å². The molecule has 20 heavy (non-hydrogen) atoms. The van der Waals surface area contributed by atoms with Gasteiger partial charge in [0.2, 0.25) is 0 Å². The summed E-state index contributed by atoms with van der Waals surface area (Å²) in [6.07, 6.45) is 1.98. The number of aromatic nitrogens is 2. The summed E-state index contributed by atoms with van der Waals surface area (Å²) in [5.74, 6) is 0. The molecule has 0 aromatic carbocycles. The molecule has 1 aliphatic rings. The Labute approximate surface area is 120 Å². The number of urea groups is 1. The third-order valence-electron chi connectivity index (χ3n) is 3.79. The van der Waals surface area contributed by atoms with Crippen LogP contribution in [-0.2, 0) is 11.8 Å². The van der Waals surface area contributed by atoms with E-state index in [9.17, 15) is 4.79 Å². The summed E-state index contributed by atoms with van der Waals surface area (Å²) in [4.78, 5) is 14.1. The lowest BCUT2D eigenvalue weighted by Gasteiger charge is -2.35. The summed E-state index contributed by atoms with van der Waals surface area (Å²) < 4.78 is 7.46. The molecule has 3 atom stereocenters. The minimum absolute atomic E-state index is 0.0391.